The van der Waals surface area contributed by atoms with Crippen molar-refractivity contribution in [3.63, 3.8) is 0 Å². The number of nitrogens with zero attached hydrogens (tertiary/aromatic N) is 2. The summed E-state index contributed by atoms with van der Waals surface area (Å²) in [6.45, 7) is 2.12. The van der Waals surface area contributed by atoms with Crippen LogP contribution in [-0.2, 0) is 16.1 Å². The summed E-state index contributed by atoms with van der Waals surface area (Å²) in [6, 6.07) is 8.03. The number of halogens is 2. The molecular weight excluding hydrogens is 369 g/mol. The molecule has 0 aliphatic carbocycles. The van der Waals surface area contributed by atoms with Crippen molar-refractivity contribution in [2.45, 2.75) is 19.4 Å². The van der Waals surface area contributed by atoms with Gasteiger partial charge in [-0.25, -0.2) is 4.98 Å². The van der Waals surface area contributed by atoms with Crippen molar-refractivity contribution in [1.29, 1.82) is 0 Å². The summed E-state index contributed by atoms with van der Waals surface area (Å²) in [4.78, 5) is 19.2. The fraction of sp³-hybridized carbons (Fsp3) is 0.500. The van der Waals surface area contributed by atoms with Crippen molar-refractivity contribution in [2.75, 3.05) is 26.8 Å². The van der Waals surface area contributed by atoms with E-state index in [0.29, 0.717) is 39.1 Å². The van der Waals surface area contributed by atoms with Gasteiger partial charge in [-0.1, -0.05) is 12.1 Å². The van der Waals surface area contributed by atoms with Gasteiger partial charge in [0, 0.05) is 26.8 Å². The van der Waals surface area contributed by atoms with E-state index in [0.717, 1.165) is 15.2 Å². The molecule has 1 aliphatic heterocycles. The van der Waals surface area contributed by atoms with Gasteiger partial charge in [-0.05, 0) is 25.0 Å². The summed E-state index contributed by atoms with van der Waals surface area (Å²) in [7, 11) is 1.83. The van der Waals surface area contributed by atoms with Gasteiger partial charge < -0.3 is 15.4 Å². The Kier molecular flexibility index (Phi) is 7.89. The van der Waals surface area contributed by atoms with Crippen molar-refractivity contribution >= 4 is 52.3 Å². The fourth-order valence-corrected chi connectivity index (χ4v) is 3.96. The first-order chi connectivity index (χ1) is 10.6. The largest absolute Gasteiger partial charge is 0.381 e. The van der Waals surface area contributed by atoms with E-state index in [1.807, 2.05) is 25.2 Å². The van der Waals surface area contributed by atoms with Crippen LogP contribution in [0.3, 0.4) is 0 Å². The normalized spacial score (nSPS) is 16.1. The van der Waals surface area contributed by atoms with E-state index >= 15 is 0 Å². The topological polar surface area (TPSA) is 68.5 Å². The van der Waals surface area contributed by atoms with E-state index in [2.05, 4.69) is 11.1 Å². The minimum absolute atomic E-state index is 0. The van der Waals surface area contributed by atoms with Gasteiger partial charge in [0.05, 0.1) is 22.2 Å². The number of fused-ring (bicyclic) bond motifs is 1. The molecule has 1 aliphatic rings. The molecule has 24 heavy (non-hydrogen) atoms. The summed E-state index contributed by atoms with van der Waals surface area (Å²) in [5.41, 5.74) is 6.44. The summed E-state index contributed by atoms with van der Waals surface area (Å²) >= 11 is 1.64. The number of nitrogens with two attached hydrogens (primary N) is 1. The zero-order chi connectivity index (χ0) is 15.6. The predicted octanol–water partition coefficient (Wildman–Crippen LogP) is 2.85. The molecule has 2 aromatic rings. The van der Waals surface area contributed by atoms with Crippen LogP contribution < -0.4 is 5.73 Å². The third kappa shape index (κ3) is 4.18. The first-order valence-corrected chi connectivity index (χ1v) is 8.34. The third-order valence-electron chi connectivity index (χ3n) is 4.35. The lowest BCUT2D eigenvalue weighted by Crippen LogP contribution is -2.49. The maximum atomic E-state index is 12.8. The third-order valence-corrected chi connectivity index (χ3v) is 5.37. The van der Waals surface area contributed by atoms with E-state index < -0.39 is 5.41 Å². The Morgan fingerprint density at radius 2 is 2.00 bits per heavy atom. The summed E-state index contributed by atoms with van der Waals surface area (Å²) in [5, 5.41) is 0.955. The Morgan fingerprint density at radius 1 is 1.33 bits per heavy atom. The Morgan fingerprint density at radius 3 is 2.62 bits per heavy atom. The molecule has 0 radical (unpaired) electrons. The number of rotatable bonds is 4. The van der Waals surface area contributed by atoms with Crippen molar-refractivity contribution in [2.24, 2.45) is 11.1 Å². The van der Waals surface area contributed by atoms with Crippen LogP contribution in [0, 0.1) is 5.41 Å². The molecule has 5 nitrogen and oxygen atoms in total. The molecule has 1 aromatic heterocycles. The smallest absolute Gasteiger partial charge is 0.230 e. The molecule has 1 saturated heterocycles. The lowest BCUT2D eigenvalue weighted by atomic mass is 9.79. The van der Waals surface area contributed by atoms with E-state index in [9.17, 15) is 4.79 Å². The molecule has 0 atom stereocenters. The van der Waals surface area contributed by atoms with E-state index in [1.54, 1.807) is 16.2 Å². The van der Waals surface area contributed by atoms with Gasteiger partial charge in [-0.3, -0.25) is 4.79 Å². The lowest BCUT2D eigenvalue weighted by Gasteiger charge is -2.37. The number of aromatic nitrogens is 1. The highest BCUT2D eigenvalue weighted by molar-refractivity contribution is 7.18. The molecule has 0 saturated carbocycles. The maximum absolute atomic E-state index is 12.8. The van der Waals surface area contributed by atoms with E-state index in [-0.39, 0.29) is 30.7 Å². The van der Waals surface area contributed by atoms with Gasteiger partial charge in [0.2, 0.25) is 5.91 Å². The highest BCUT2D eigenvalue weighted by Crippen LogP contribution is 2.32. The van der Waals surface area contributed by atoms with Gasteiger partial charge in [0.25, 0.3) is 0 Å². The standard InChI is InChI=1S/C16H21N3O2S.2ClH/c1-19(15(20)16(11-17)6-8-21-9-7-16)10-14-18-12-4-2-3-5-13(12)22-14;;/h2-5H,6-11,17H2,1H3;2*1H. The number of carbonyl (C=O) groups excluding carboxylic acids is 1. The lowest BCUT2D eigenvalue weighted by molar-refractivity contribution is -0.146. The van der Waals surface area contributed by atoms with Crippen molar-refractivity contribution < 1.29 is 9.53 Å². The highest BCUT2D eigenvalue weighted by Gasteiger charge is 2.40. The fourth-order valence-electron chi connectivity index (χ4n) is 2.93. The molecule has 0 spiro atoms. The molecule has 3 rings (SSSR count). The average Bonchev–Trinajstić information content (AvgIpc) is 2.96. The van der Waals surface area contributed by atoms with Gasteiger partial charge in [-0.15, -0.1) is 36.2 Å². The molecule has 2 N–H and O–H groups in total. The first-order valence-electron chi connectivity index (χ1n) is 7.52. The van der Waals surface area contributed by atoms with Crippen LogP contribution in [0.4, 0.5) is 0 Å². The summed E-state index contributed by atoms with van der Waals surface area (Å²) in [6.07, 6.45) is 1.40. The SMILES string of the molecule is CN(Cc1nc2ccccc2s1)C(=O)C1(CN)CCOCC1.Cl.Cl. The van der Waals surface area contributed by atoms with Gasteiger partial charge in [-0.2, -0.15) is 0 Å². The Bertz CT molecular complexity index is 641. The van der Waals surface area contributed by atoms with Crippen LogP contribution >= 0.6 is 36.2 Å². The number of carbonyl (C=O) groups is 1. The first kappa shape index (κ1) is 21.1. The van der Waals surface area contributed by atoms with E-state index in [1.165, 1.54) is 0 Å². The van der Waals surface area contributed by atoms with Crippen molar-refractivity contribution in [1.82, 2.24) is 9.88 Å². The molecule has 0 bridgehead atoms. The number of para-hydroxylation sites is 1. The predicted molar refractivity (Wildman–Crippen MR) is 102 cm³/mol. The second-order valence-corrected chi connectivity index (χ2v) is 6.95. The van der Waals surface area contributed by atoms with Gasteiger partial charge in [0.15, 0.2) is 0 Å². The molecular formula is C16H23Cl2N3O2S. The van der Waals surface area contributed by atoms with Crippen molar-refractivity contribution in [3.8, 4) is 0 Å². The van der Waals surface area contributed by atoms with Crippen LogP contribution in [0.15, 0.2) is 24.3 Å². The number of thiazole rings is 1. The summed E-state index contributed by atoms with van der Waals surface area (Å²) < 4.78 is 6.53. The molecule has 2 heterocycles. The molecule has 1 fully saturated rings. The van der Waals surface area contributed by atoms with E-state index in [4.69, 9.17) is 10.5 Å². The second-order valence-electron chi connectivity index (χ2n) is 5.83. The van der Waals surface area contributed by atoms with Crippen LogP contribution in [0.5, 0.6) is 0 Å². The molecule has 1 aromatic carbocycles. The zero-order valence-electron chi connectivity index (χ0n) is 13.6. The van der Waals surface area contributed by atoms with Crippen LogP contribution in [0.2, 0.25) is 0 Å². The number of hydrogen-bond donors (Lipinski definition) is 1. The number of ether oxygens (including phenoxy) is 1. The quantitative estimate of drug-likeness (QED) is 0.869. The van der Waals surface area contributed by atoms with Crippen LogP contribution in [0.1, 0.15) is 17.8 Å². The summed E-state index contributed by atoms with van der Waals surface area (Å²) in [5.74, 6) is 0.109. The average molecular weight is 392 g/mol. The number of hydrogen-bond acceptors (Lipinski definition) is 5. The zero-order valence-corrected chi connectivity index (χ0v) is 16.0. The minimum Gasteiger partial charge on any atom is -0.381 e. The Labute approximate surface area is 158 Å². The Balaban J connectivity index is 0.00000144. The monoisotopic (exact) mass is 391 g/mol. The Hall–Kier alpha value is -0.920. The molecule has 1 amide bonds. The van der Waals surface area contributed by atoms with Crippen LogP contribution in [0.25, 0.3) is 10.2 Å². The van der Waals surface area contributed by atoms with Gasteiger partial charge in [0.1, 0.15) is 5.01 Å². The van der Waals surface area contributed by atoms with Crippen LogP contribution in [-0.4, -0.2) is 42.6 Å². The van der Waals surface area contributed by atoms with Crippen molar-refractivity contribution in [3.05, 3.63) is 29.3 Å². The number of benzene rings is 1. The van der Waals surface area contributed by atoms with Gasteiger partial charge >= 0.3 is 0 Å². The maximum Gasteiger partial charge on any atom is 0.230 e. The molecule has 0 unspecified atom stereocenters. The minimum atomic E-state index is -0.469. The molecule has 8 heteroatoms. The highest BCUT2D eigenvalue weighted by atomic mass is 35.5. The number of amides is 1. The second kappa shape index (κ2) is 8.97. The molecule has 134 valence electrons.